The molecule has 0 bridgehead atoms. The molecule has 2 heterocycles. The van der Waals surface area contributed by atoms with E-state index in [2.05, 4.69) is 0 Å². The number of piperidine rings is 1. The summed E-state index contributed by atoms with van der Waals surface area (Å²) in [6.45, 7) is 4.75. The molecule has 98 valence electrons. The SMILES string of the molecule is CC(CCN1COCC1=O)[N+]1([O-])CCCCC1. The smallest absolute Gasteiger partial charge is 0.250 e. The predicted molar refractivity (Wildman–Crippen MR) is 63.8 cm³/mol. The molecule has 1 unspecified atom stereocenters. The Morgan fingerprint density at radius 2 is 2.12 bits per heavy atom. The summed E-state index contributed by atoms with van der Waals surface area (Å²) < 4.78 is 5.00. The molecule has 5 heteroatoms. The van der Waals surface area contributed by atoms with Gasteiger partial charge in [0.15, 0.2) is 0 Å². The van der Waals surface area contributed by atoms with Gasteiger partial charge in [0, 0.05) is 13.0 Å². The van der Waals surface area contributed by atoms with Crippen LogP contribution in [0.25, 0.3) is 0 Å². The highest BCUT2D eigenvalue weighted by atomic mass is 16.5. The van der Waals surface area contributed by atoms with Crippen molar-refractivity contribution in [1.82, 2.24) is 4.90 Å². The number of amides is 1. The van der Waals surface area contributed by atoms with Gasteiger partial charge in [-0.15, -0.1) is 0 Å². The molecular weight excluding hydrogens is 220 g/mol. The van der Waals surface area contributed by atoms with Crippen molar-refractivity contribution in [2.24, 2.45) is 0 Å². The minimum atomic E-state index is -0.0666. The molecule has 0 aromatic carbocycles. The van der Waals surface area contributed by atoms with Crippen LogP contribution in [0.4, 0.5) is 0 Å². The van der Waals surface area contributed by atoms with E-state index >= 15 is 0 Å². The molecule has 0 aromatic rings. The van der Waals surface area contributed by atoms with Crippen LogP contribution in [0.1, 0.15) is 32.6 Å². The Bertz CT molecular complexity index is 277. The molecule has 0 N–H and O–H groups in total. The molecule has 1 atom stereocenters. The van der Waals surface area contributed by atoms with E-state index in [-0.39, 0.29) is 23.2 Å². The summed E-state index contributed by atoms with van der Waals surface area (Å²) >= 11 is 0. The van der Waals surface area contributed by atoms with Crippen molar-refractivity contribution in [2.45, 2.75) is 38.6 Å². The fourth-order valence-electron chi connectivity index (χ4n) is 2.66. The van der Waals surface area contributed by atoms with Crippen molar-refractivity contribution < 1.29 is 14.2 Å². The minimum absolute atomic E-state index is 0.0493. The highest BCUT2D eigenvalue weighted by Gasteiger charge is 2.29. The zero-order valence-electron chi connectivity index (χ0n) is 10.6. The van der Waals surface area contributed by atoms with Gasteiger partial charge < -0.3 is 19.5 Å². The van der Waals surface area contributed by atoms with Gasteiger partial charge in [-0.2, -0.15) is 0 Å². The number of hydroxylamine groups is 3. The van der Waals surface area contributed by atoms with E-state index in [1.807, 2.05) is 6.92 Å². The summed E-state index contributed by atoms with van der Waals surface area (Å²) in [7, 11) is 0. The second kappa shape index (κ2) is 5.33. The lowest BCUT2D eigenvalue weighted by Crippen LogP contribution is -2.53. The van der Waals surface area contributed by atoms with Gasteiger partial charge in [-0.3, -0.25) is 4.79 Å². The molecule has 2 fully saturated rings. The lowest BCUT2D eigenvalue weighted by molar-refractivity contribution is -0.908. The molecule has 0 spiro atoms. The average molecular weight is 242 g/mol. The summed E-state index contributed by atoms with van der Waals surface area (Å²) in [6, 6.07) is 0.0868. The Balaban J connectivity index is 1.79. The van der Waals surface area contributed by atoms with Crippen molar-refractivity contribution in [2.75, 3.05) is 33.0 Å². The van der Waals surface area contributed by atoms with Crippen LogP contribution in [0, 0.1) is 5.21 Å². The van der Waals surface area contributed by atoms with Crippen molar-refractivity contribution in [1.29, 1.82) is 0 Å². The Morgan fingerprint density at radius 1 is 1.41 bits per heavy atom. The topological polar surface area (TPSA) is 52.6 Å². The summed E-state index contributed by atoms with van der Waals surface area (Å²) in [4.78, 5) is 13.1. The van der Waals surface area contributed by atoms with Crippen molar-refractivity contribution in [3.8, 4) is 0 Å². The van der Waals surface area contributed by atoms with Crippen LogP contribution in [0.2, 0.25) is 0 Å². The normalized spacial score (nSPS) is 26.2. The van der Waals surface area contributed by atoms with Gasteiger partial charge >= 0.3 is 0 Å². The number of nitrogens with zero attached hydrogens (tertiary/aromatic N) is 2. The quantitative estimate of drug-likeness (QED) is 0.547. The third-order valence-corrected chi connectivity index (χ3v) is 4.02. The van der Waals surface area contributed by atoms with Gasteiger partial charge in [0.05, 0.1) is 19.1 Å². The number of hydrogen-bond acceptors (Lipinski definition) is 3. The van der Waals surface area contributed by atoms with Crippen molar-refractivity contribution in [3.63, 3.8) is 0 Å². The van der Waals surface area contributed by atoms with Gasteiger partial charge in [-0.1, -0.05) is 0 Å². The van der Waals surface area contributed by atoms with Crippen LogP contribution in [-0.2, 0) is 9.53 Å². The summed E-state index contributed by atoms with van der Waals surface area (Å²) in [5.74, 6) is 0.0493. The number of ether oxygens (including phenoxy) is 1. The number of likely N-dealkylation sites (tertiary alicyclic amines) is 1. The van der Waals surface area contributed by atoms with Crippen LogP contribution in [-0.4, -0.2) is 54.5 Å². The predicted octanol–water partition coefficient (Wildman–Crippen LogP) is 1.08. The van der Waals surface area contributed by atoms with E-state index in [0.29, 0.717) is 13.3 Å². The summed E-state index contributed by atoms with van der Waals surface area (Å²) in [5, 5.41) is 12.5. The van der Waals surface area contributed by atoms with Crippen LogP contribution in [0.3, 0.4) is 0 Å². The van der Waals surface area contributed by atoms with E-state index in [9.17, 15) is 10.0 Å². The molecule has 2 saturated heterocycles. The largest absolute Gasteiger partial charge is 0.633 e. The van der Waals surface area contributed by atoms with Gasteiger partial charge in [0.25, 0.3) is 0 Å². The third-order valence-electron chi connectivity index (χ3n) is 4.02. The van der Waals surface area contributed by atoms with Gasteiger partial charge in [0.1, 0.15) is 13.3 Å². The van der Waals surface area contributed by atoms with E-state index in [1.54, 1.807) is 4.90 Å². The summed E-state index contributed by atoms with van der Waals surface area (Å²) in [5.41, 5.74) is 0. The molecule has 2 aliphatic rings. The van der Waals surface area contributed by atoms with E-state index < -0.39 is 0 Å². The molecule has 2 aliphatic heterocycles. The maximum Gasteiger partial charge on any atom is 0.250 e. The Morgan fingerprint density at radius 3 is 2.71 bits per heavy atom. The molecule has 17 heavy (non-hydrogen) atoms. The second-order valence-corrected chi connectivity index (χ2v) is 5.23. The monoisotopic (exact) mass is 242 g/mol. The first kappa shape index (κ1) is 12.8. The minimum Gasteiger partial charge on any atom is -0.633 e. The first-order valence-electron chi connectivity index (χ1n) is 6.55. The third kappa shape index (κ3) is 2.97. The fraction of sp³-hybridized carbons (Fsp3) is 0.917. The highest BCUT2D eigenvalue weighted by molar-refractivity contribution is 5.78. The van der Waals surface area contributed by atoms with E-state index in [1.165, 1.54) is 6.42 Å². The zero-order chi connectivity index (χ0) is 12.3. The van der Waals surface area contributed by atoms with Gasteiger partial charge in [-0.25, -0.2) is 0 Å². The maximum absolute atomic E-state index is 12.5. The molecular formula is C12H22N2O3. The van der Waals surface area contributed by atoms with E-state index in [4.69, 9.17) is 4.74 Å². The lowest BCUT2D eigenvalue weighted by Gasteiger charge is -2.50. The first-order chi connectivity index (χ1) is 8.12. The molecule has 0 radical (unpaired) electrons. The average Bonchev–Trinajstić information content (AvgIpc) is 2.73. The number of carbonyl (C=O) groups is 1. The molecule has 0 aliphatic carbocycles. The van der Waals surface area contributed by atoms with Crippen LogP contribution in [0.5, 0.6) is 0 Å². The number of quaternary nitrogens is 1. The van der Waals surface area contributed by atoms with Crippen LogP contribution < -0.4 is 0 Å². The van der Waals surface area contributed by atoms with Crippen molar-refractivity contribution >= 4 is 5.91 Å². The zero-order valence-corrected chi connectivity index (χ0v) is 10.6. The molecule has 5 nitrogen and oxygen atoms in total. The van der Waals surface area contributed by atoms with Gasteiger partial charge in [-0.05, 0) is 26.2 Å². The standard InChI is InChI=1S/C12H22N2O3/c1-11(14(16)7-3-2-4-8-14)5-6-13-10-17-9-12(13)15/h11H,2-10H2,1H3. The number of carbonyl (C=O) groups excluding carboxylic acids is 1. The summed E-state index contributed by atoms with van der Waals surface area (Å²) in [6.07, 6.45) is 4.05. The molecule has 0 aromatic heterocycles. The second-order valence-electron chi connectivity index (χ2n) is 5.23. The Hall–Kier alpha value is -0.650. The Kier molecular flexibility index (Phi) is 4.01. The van der Waals surface area contributed by atoms with Crippen LogP contribution >= 0.6 is 0 Å². The Labute approximate surface area is 102 Å². The number of hydrogen-bond donors (Lipinski definition) is 0. The van der Waals surface area contributed by atoms with Gasteiger partial charge in [0.2, 0.25) is 5.91 Å². The molecule has 0 saturated carbocycles. The molecule has 1 amide bonds. The first-order valence-corrected chi connectivity index (χ1v) is 6.55. The maximum atomic E-state index is 12.5. The number of rotatable bonds is 4. The fourth-order valence-corrected chi connectivity index (χ4v) is 2.66. The van der Waals surface area contributed by atoms with Crippen molar-refractivity contribution in [3.05, 3.63) is 5.21 Å². The lowest BCUT2D eigenvalue weighted by atomic mass is 10.1. The molecule has 2 rings (SSSR count). The highest BCUT2D eigenvalue weighted by Crippen LogP contribution is 2.23. The van der Waals surface area contributed by atoms with E-state index in [0.717, 1.165) is 32.4 Å². The van der Waals surface area contributed by atoms with Crippen LogP contribution in [0.15, 0.2) is 0 Å².